The molecule has 0 bridgehead atoms. The topological polar surface area (TPSA) is 38.3 Å². The fraction of sp³-hybridized carbons (Fsp3) is 0.500. The van der Waals surface area contributed by atoms with Crippen LogP contribution in [0.1, 0.15) is 31.2 Å². The Kier molecular flexibility index (Phi) is 4.78. The van der Waals surface area contributed by atoms with Crippen LogP contribution in [0.4, 0.5) is 5.69 Å². The number of ether oxygens (including phenoxy) is 1. The van der Waals surface area contributed by atoms with Crippen LogP contribution in [0, 0.1) is 6.92 Å². The first kappa shape index (κ1) is 13.6. The van der Waals surface area contributed by atoms with Crippen LogP contribution >= 0.6 is 15.9 Å². The number of anilines is 1. The molecule has 98 valence electrons. The molecule has 1 fully saturated rings. The Morgan fingerprint density at radius 3 is 3.00 bits per heavy atom. The average Bonchev–Trinajstić information content (AvgIpc) is 2.35. The van der Waals surface area contributed by atoms with E-state index in [0.717, 1.165) is 41.6 Å². The lowest BCUT2D eigenvalue weighted by Gasteiger charge is -2.22. The molecular weight excluding hydrogens is 294 g/mol. The van der Waals surface area contributed by atoms with E-state index in [1.54, 1.807) is 0 Å². The Labute approximate surface area is 116 Å². The molecular formula is C14H18BrNO2. The lowest BCUT2D eigenvalue weighted by molar-refractivity contribution is -0.119. The number of carbonyl (C=O) groups is 1. The molecule has 1 N–H and O–H groups in total. The number of hydrogen-bond acceptors (Lipinski definition) is 2. The van der Waals surface area contributed by atoms with E-state index in [2.05, 4.69) is 21.2 Å². The van der Waals surface area contributed by atoms with Crippen molar-refractivity contribution in [3.05, 3.63) is 28.2 Å². The Morgan fingerprint density at radius 1 is 1.50 bits per heavy atom. The molecule has 18 heavy (non-hydrogen) atoms. The number of carbonyl (C=O) groups excluding carboxylic acids is 1. The summed E-state index contributed by atoms with van der Waals surface area (Å²) in [6.07, 6.45) is 3.81. The van der Waals surface area contributed by atoms with E-state index in [-0.39, 0.29) is 12.0 Å². The number of hydrogen-bond donors (Lipinski definition) is 1. The second kappa shape index (κ2) is 6.34. The minimum Gasteiger partial charge on any atom is -0.378 e. The number of aryl methyl sites for hydroxylation is 1. The van der Waals surface area contributed by atoms with Crippen LogP contribution in [-0.4, -0.2) is 18.6 Å². The molecule has 0 aromatic heterocycles. The van der Waals surface area contributed by atoms with E-state index in [1.807, 2.05) is 25.1 Å². The number of halogens is 1. The van der Waals surface area contributed by atoms with Crippen molar-refractivity contribution >= 4 is 27.5 Å². The monoisotopic (exact) mass is 311 g/mol. The third kappa shape index (κ3) is 3.82. The summed E-state index contributed by atoms with van der Waals surface area (Å²) in [5, 5.41) is 2.91. The van der Waals surface area contributed by atoms with Gasteiger partial charge < -0.3 is 10.1 Å². The van der Waals surface area contributed by atoms with Gasteiger partial charge in [-0.15, -0.1) is 0 Å². The van der Waals surface area contributed by atoms with Crippen molar-refractivity contribution in [1.29, 1.82) is 0 Å². The van der Waals surface area contributed by atoms with Gasteiger partial charge in [-0.05, 0) is 43.9 Å². The van der Waals surface area contributed by atoms with Gasteiger partial charge in [-0.3, -0.25) is 4.79 Å². The van der Waals surface area contributed by atoms with Crippen molar-refractivity contribution in [3.8, 4) is 0 Å². The smallest absolute Gasteiger partial charge is 0.226 e. The average molecular weight is 312 g/mol. The maximum Gasteiger partial charge on any atom is 0.226 e. The number of amides is 1. The summed E-state index contributed by atoms with van der Waals surface area (Å²) >= 11 is 3.46. The zero-order valence-corrected chi connectivity index (χ0v) is 12.1. The second-order valence-electron chi connectivity index (χ2n) is 4.70. The molecule has 1 amide bonds. The van der Waals surface area contributed by atoms with Crippen LogP contribution < -0.4 is 5.32 Å². The van der Waals surface area contributed by atoms with E-state index in [9.17, 15) is 4.79 Å². The van der Waals surface area contributed by atoms with Gasteiger partial charge in [0.2, 0.25) is 5.91 Å². The van der Waals surface area contributed by atoms with Gasteiger partial charge in [0.1, 0.15) is 0 Å². The summed E-state index contributed by atoms with van der Waals surface area (Å²) < 4.78 is 6.57. The molecule has 1 saturated heterocycles. The van der Waals surface area contributed by atoms with Gasteiger partial charge in [0.05, 0.1) is 12.5 Å². The molecule has 1 aliphatic heterocycles. The fourth-order valence-corrected chi connectivity index (χ4v) is 2.44. The summed E-state index contributed by atoms with van der Waals surface area (Å²) in [6.45, 7) is 2.81. The van der Waals surface area contributed by atoms with Gasteiger partial charge in [0.15, 0.2) is 0 Å². The molecule has 2 rings (SSSR count). The van der Waals surface area contributed by atoms with E-state index in [1.165, 1.54) is 0 Å². The maximum absolute atomic E-state index is 11.9. The van der Waals surface area contributed by atoms with Gasteiger partial charge in [-0.25, -0.2) is 0 Å². The molecule has 0 spiro atoms. The predicted molar refractivity (Wildman–Crippen MR) is 75.7 cm³/mol. The van der Waals surface area contributed by atoms with Crippen LogP contribution in [0.2, 0.25) is 0 Å². The quantitative estimate of drug-likeness (QED) is 0.925. The van der Waals surface area contributed by atoms with Crippen LogP contribution in [-0.2, 0) is 9.53 Å². The van der Waals surface area contributed by atoms with Crippen LogP contribution in [0.15, 0.2) is 22.7 Å². The minimum absolute atomic E-state index is 0.0256. The first-order valence-corrected chi connectivity index (χ1v) is 7.12. The molecule has 4 heteroatoms. The molecule has 1 aromatic carbocycles. The maximum atomic E-state index is 11.9. The SMILES string of the molecule is Cc1ccc(NC(=O)CC2CCCCO2)cc1Br. The Morgan fingerprint density at radius 2 is 2.33 bits per heavy atom. The van der Waals surface area contributed by atoms with Gasteiger partial charge in [-0.1, -0.05) is 22.0 Å². The Hall–Kier alpha value is -0.870. The van der Waals surface area contributed by atoms with E-state index >= 15 is 0 Å². The third-order valence-electron chi connectivity index (χ3n) is 3.14. The standard InChI is InChI=1S/C14H18BrNO2/c1-10-5-6-11(8-13(10)15)16-14(17)9-12-4-2-3-7-18-12/h5-6,8,12H,2-4,7,9H2,1H3,(H,16,17). The van der Waals surface area contributed by atoms with Gasteiger partial charge >= 0.3 is 0 Å². The van der Waals surface area contributed by atoms with Crippen molar-refractivity contribution in [2.75, 3.05) is 11.9 Å². The Bertz CT molecular complexity index is 428. The highest BCUT2D eigenvalue weighted by Crippen LogP contribution is 2.21. The highest BCUT2D eigenvalue weighted by atomic mass is 79.9. The summed E-state index contributed by atoms with van der Waals surface area (Å²) in [7, 11) is 0. The van der Waals surface area contributed by atoms with Crippen LogP contribution in [0.3, 0.4) is 0 Å². The summed E-state index contributed by atoms with van der Waals surface area (Å²) in [4.78, 5) is 11.9. The van der Waals surface area contributed by atoms with Crippen LogP contribution in [0.25, 0.3) is 0 Å². The van der Waals surface area contributed by atoms with Crippen LogP contribution in [0.5, 0.6) is 0 Å². The van der Waals surface area contributed by atoms with Gasteiger partial charge in [0, 0.05) is 16.8 Å². The molecule has 1 unspecified atom stereocenters. The van der Waals surface area contributed by atoms with Gasteiger partial charge in [-0.2, -0.15) is 0 Å². The highest BCUT2D eigenvalue weighted by molar-refractivity contribution is 9.10. The largest absolute Gasteiger partial charge is 0.378 e. The molecule has 3 nitrogen and oxygen atoms in total. The zero-order valence-electron chi connectivity index (χ0n) is 10.5. The van der Waals surface area contributed by atoms with Crippen molar-refractivity contribution < 1.29 is 9.53 Å². The summed E-state index contributed by atoms with van der Waals surface area (Å²) in [5.74, 6) is 0.0256. The second-order valence-corrected chi connectivity index (χ2v) is 5.56. The highest BCUT2D eigenvalue weighted by Gasteiger charge is 2.17. The molecule has 1 aromatic rings. The zero-order chi connectivity index (χ0) is 13.0. The predicted octanol–water partition coefficient (Wildman–Crippen LogP) is 3.66. The molecule has 0 saturated carbocycles. The first-order chi connectivity index (χ1) is 8.65. The van der Waals surface area contributed by atoms with E-state index in [4.69, 9.17) is 4.74 Å². The molecule has 1 heterocycles. The van der Waals surface area contributed by atoms with Crippen molar-refractivity contribution in [3.63, 3.8) is 0 Å². The third-order valence-corrected chi connectivity index (χ3v) is 4.00. The number of nitrogens with one attached hydrogen (secondary N) is 1. The first-order valence-electron chi connectivity index (χ1n) is 6.33. The lowest BCUT2D eigenvalue weighted by Crippen LogP contribution is -2.25. The Balaban J connectivity index is 1.88. The normalized spacial score (nSPS) is 19.6. The molecule has 1 aliphatic rings. The summed E-state index contributed by atoms with van der Waals surface area (Å²) in [5.41, 5.74) is 1.98. The molecule has 0 radical (unpaired) electrons. The number of benzene rings is 1. The van der Waals surface area contributed by atoms with E-state index < -0.39 is 0 Å². The van der Waals surface area contributed by atoms with Crippen molar-refractivity contribution in [1.82, 2.24) is 0 Å². The number of rotatable bonds is 3. The van der Waals surface area contributed by atoms with E-state index in [0.29, 0.717) is 6.42 Å². The molecule has 1 atom stereocenters. The summed E-state index contributed by atoms with van der Waals surface area (Å²) in [6, 6.07) is 5.82. The fourth-order valence-electron chi connectivity index (χ4n) is 2.06. The van der Waals surface area contributed by atoms with Crippen molar-refractivity contribution in [2.24, 2.45) is 0 Å². The van der Waals surface area contributed by atoms with Gasteiger partial charge in [0.25, 0.3) is 0 Å². The minimum atomic E-state index is 0.0256. The lowest BCUT2D eigenvalue weighted by atomic mass is 10.1. The van der Waals surface area contributed by atoms with Crippen molar-refractivity contribution in [2.45, 2.75) is 38.7 Å². The molecule has 0 aliphatic carbocycles.